The van der Waals surface area contributed by atoms with Gasteiger partial charge in [-0.3, -0.25) is 15.3 Å². The van der Waals surface area contributed by atoms with Crippen molar-refractivity contribution in [3.8, 4) is 0 Å². The van der Waals surface area contributed by atoms with Gasteiger partial charge in [0.15, 0.2) is 12.3 Å². The number of hydrogen-bond donors (Lipinski definition) is 4. The van der Waals surface area contributed by atoms with Crippen LogP contribution >= 0.6 is 0 Å². The summed E-state index contributed by atoms with van der Waals surface area (Å²) in [6.07, 6.45) is 7.65. The molecule has 4 aliphatic heterocycles. The van der Waals surface area contributed by atoms with E-state index in [-0.39, 0.29) is 60.5 Å². The predicted octanol–water partition coefficient (Wildman–Crippen LogP) is -0.467. The molecule has 1 aliphatic carbocycles. The molecule has 1 saturated carbocycles. The Morgan fingerprint density at radius 3 is 2.89 bits per heavy atom. The number of nitrogens with zero attached hydrogens (tertiary/aromatic N) is 1. The number of fused-ring (bicyclic) bond motifs is 3. The van der Waals surface area contributed by atoms with Crippen LogP contribution in [0.25, 0.3) is 0 Å². The third-order valence-corrected chi connectivity index (χ3v) is 9.01. The monoisotopic (exact) mass is 508 g/mol. The van der Waals surface area contributed by atoms with Gasteiger partial charge < -0.3 is 29.3 Å². The highest BCUT2D eigenvalue weighted by molar-refractivity contribution is 5.83. The van der Waals surface area contributed by atoms with Crippen molar-refractivity contribution in [3.63, 3.8) is 0 Å². The average Bonchev–Trinajstić information content (AvgIpc) is 3.34. The van der Waals surface area contributed by atoms with E-state index in [4.69, 9.17) is 19.9 Å². The van der Waals surface area contributed by atoms with Gasteiger partial charge in [-0.05, 0) is 64.7 Å². The topological polar surface area (TPSA) is 120 Å². The van der Waals surface area contributed by atoms with Gasteiger partial charge in [0.05, 0.1) is 37.6 Å². The van der Waals surface area contributed by atoms with Crippen LogP contribution in [0.5, 0.6) is 0 Å². The van der Waals surface area contributed by atoms with Crippen LogP contribution in [0.15, 0.2) is 0 Å². The first-order valence-electron chi connectivity index (χ1n) is 14.2. The van der Waals surface area contributed by atoms with Crippen LogP contribution in [0.3, 0.4) is 0 Å². The minimum absolute atomic E-state index is 0.0174. The van der Waals surface area contributed by atoms with E-state index in [1.165, 1.54) is 0 Å². The summed E-state index contributed by atoms with van der Waals surface area (Å²) in [6, 6.07) is 0. The molecule has 10 nitrogen and oxygen atoms in total. The maximum Gasteiger partial charge on any atom is 0.234 e. The van der Waals surface area contributed by atoms with E-state index in [1.54, 1.807) is 0 Å². The molecule has 0 aromatic heterocycles. The highest BCUT2D eigenvalue weighted by Crippen LogP contribution is 2.33. The quantitative estimate of drug-likeness (QED) is 0.328. The zero-order chi connectivity index (χ0) is 25.2. The molecule has 0 radical (unpaired) electrons. The molecule has 0 aromatic rings. The van der Waals surface area contributed by atoms with Crippen molar-refractivity contribution in [1.82, 2.24) is 15.5 Å². The van der Waals surface area contributed by atoms with Crippen LogP contribution in [-0.4, -0.2) is 86.6 Å². The Kier molecular flexibility index (Phi) is 8.49. The fraction of sp³-hybridized carbons (Fsp3) is 0.923. The van der Waals surface area contributed by atoms with Crippen LogP contribution in [0, 0.1) is 17.8 Å². The second-order valence-corrected chi connectivity index (χ2v) is 11.7. The van der Waals surface area contributed by atoms with Crippen LogP contribution in [-0.2, 0) is 23.8 Å². The summed E-state index contributed by atoms with van der Waals surface area (Å²) < 4.78 is 17.1. The Hall–Kier alpha value is -1.30. The van der Waals surface area contributed by atoms with Crippen LogP contribution < -0.4 is 21.3 Å². The van der Waals surface area contributed by atoms with E-state index in [2.05, 4.69) is 10.6 Å². The lowest BCUT2D eigenvalue weighted by atomic mass is 9.80. The predicted molar refractivity (Wildman–Crippen MR) is 132 cm³/mol. The third-order valence-electron chi connectivity index (χ3n) is 9.01. The van der Waals surface area contributed by atoms with E-state index in [9.17, 15) is 9.59 Å². The summed E-state index contributed by atoms with van der Waals surface area (Å²) in [5, 5.41) is 6.98. The van der Waals surface area contributed by atoms with Gasteiger partial charge in [0.2, 0.25) is 11.8 Å². The molecule has 5 fully saturated rings. The molecular weight excluding hydrogens is 462 g/mol. The maximum absolute atomic E-state index is 13.6. The van der Waals surface area contributed by atoms with Crippen molar-refractivity contribution in [2.24, 2.45) is 23.5 Å². The molecule has 4 saturated heterocycles. The first kappa shape index (κ1) is 26.3. The molecule has 5 N–H and O–H groups in total. The second-order valence-electron chi connectivity index (χ2n) is 11.7. The van der Waals surface area contributed by atoms with Crippen molar-refractivity contribution >= 4 is 11.8 Å². The number of amides is 2. The molecule has 204 valence electrons. The molecule has 0 bridgehead atoms. The Morgan fingerprint density at radius 1 is 1.22 bits per heavy atom. The average molecular weight is 509 g/mol. The third kappa shape index (κ3) is 5.59. The van der Waals surface area contributed by atoms with Crippen molar-refractivity contribution in [2.75, 3.05) is 33.0 Å². The van der Waals surface area contributed by atoms with E-state index >= 15 is 0 Å². The van der Waals surface area contributed by atoms with E-state index in [0.717, 1.165) is 62.9 Å². The standard InChI is InChI=1S/C26H45N5O5/c1-16(2)34-11-5-10-31-23(27)18(13-19-24(31)29-22-6-3-4-9-30(22)26(19)33)25(32)28-14-17-7-8-20-21(12-17)36-15-35-20/h16-24,29H,3-15,27H2,1-2H3,(H,28,32)/p+1. The lowest BCUT2D eigenvalue weighted by Gasteiger charge is -2.52. The van der Waals surface area contributed by atoms with Crippen LogP contribution in [0.1, 0.15) is 65.2 Å². The summed E-state index contributed by atoms with van der Waals surface area (Å²) >= 11 is 0. The Balaban J connectivity index is 1.24. The summed E-state index contributed by atoms with van der Waals surface area (Å²) in [7, 11) is 0. The van der Waals surface area contributed by atoms with Gasteiger partial charge in [-0.2, -0.15) is 0 Å². The molecule has 9 atom stereocenters. The number of piperidine rings is 2. The first-order chi connectivity index (χ1) is 17.4. The van der Waals surface area contributed by atoms with E-state index in [1.807, 2.05) is 18.7 Å². The molecule has 4 heterocycles. The zero-order valence-corrected chi connectivity index (χ0v) is 22.0. The number of carbonyl (C=O) groups is 2. The number of nitrogens with two attached hydrogens (primary N) is 1. The number of quaternary nitrogens is 1. The molecule has 5 aliphatic rings. The zero-order valence-electron chi connectivity index (χ0n) is 22.0. The molecular formula is C26H46N5O5+. The summed E-state index contributed by atoms with van der Waals surface area (Å²) in [6.45, 7) is 7.31. The van der Waals surface area contributed by atoms with Gasteiger partial charge in [-0.15, -0.1) is 0 Å². The first-order valence-corrected chi connectivity index (χ1v) is 14.2. The highest BCUT2D eigenvalue weighted by Gasteiger charge is 2.55. The Morgan fingerprint density at radius 2 is 2.06 bits per heavy atom. The van der Waals surface area contributed by atoms with Gasteiger partial charge in [0, 0.05) is 19.5 Å². The Labute approximate surface area is 214 Å². The van der Waals surface area contributed by atoms with Crippen molar-refractivity contribution in [3.05, 3.63) is 0 Å². The summed E-state index contributed by atoms with van der Waals surface area (Å²) in [4.78, 5) is 30.2. The lowest BCUT2D eigenvalue weighted by Crippen LogP contribution is -3.26. The highest BCUT2D eigenvalue weighted by atomic mass is 16.7. The molecule has 5 rings (SSSR count). The molecule has 0 spiro atoms. The fourth-order valence-electron chi connectivity index (χ4n) is 7.05. The number of ether oxygens (including phenoxy) is 3. The number of carbonyl (C=O) groups excluding carboxylic acids is 2. The minimum atomic E-state index is -0.387. The van der Waals surface area contributed by atoms with E-state index in [0.29, 0.717) is 32.3 Å². The second kappa shape index (κ2) is 11.6. The van der Waals surface area contributed by atoms with Gasteiger partial charge in [-0.1, -0.05) is 0 Å². The number of nitrogens with one attached hydrogen (secondary N) is 3. The number of likely N-dealkylation sites (tertiary alicyclic amines) is 1. The van der Waals surface area contributed by atoms with E-state index < -0.39 is 0 Å². The van der Waals surface area contributed by atoms with Gasteiger partial charge in [0.25, 0.3) is 0 Å². The van der Waals surface area contributed by atoms with Crippen molar-refractivity contribution < 1.29 is 28.7 Å². The smallest absolute Gasteiger partial charge is 0.234 e. The normalized spacial score (nSPS) is 40.5. The molecule has 0 aromatic carbocycles. The van der Waals surface area contributed by atoms with Gasteiger partial charge in [0.1, 0.15) is 18.6 Å². The molecule has 9 unspecified atom stereocenters. The van der Waals surface area contributed by atoms with Crippen molar-refractivity contribution in [2.45, 2.75) is 102 Å². The molecule has 2 amide bonds. The van der Waals surface area contributed by atoms with Gasteiger partial charge in [-0.25, -0.2) is 5.32 Å². The molecule has 10 heteroatoms. The van der Waals surface area contributed by atoms with Crippen molar-refractivity contribution in [1.29, 1.82) is 0 Å². The number of rotatable bonds is 8. The van der Waals surface area contributed by atoms with Crippen LogP contribution in [0.2, 0.25) is 0 Å². The largest absolute Gasteiger partial charge is 0.379 e. The summed E-state index contributed by atoms with van der Waals surface area (Å²) in [5.41, 5.74) is 6.83. The minimum Gasteiger partial charge on any atom is -0.379 e. The van der Waals surface area contributed by atoms with Gasteiger partial charge >= 0.3 is 0 Å². The van der Waals surface area contributed by atoms with Crippen LogP contribution in [0.4, 0.5) is 0 Å². The Bertz CT molecular complexity index is 784. The molecule has 36 heavy (non-hydrogen) atoms. The fourth-order valence-corrected chi connectivity index (χ4v) is 7.05. The summed E-state index contributed by atoms with van der Waals surface area (Å²) in [5.74, 6) is -0.0534. The SMILES string of the molecule is CC(C)OCCC[NH+]1C(N)C(C(=O)NCC2CCC3OCOC3C2)CC2C(=O)N3CCCCC3NC21. The lowest BCUT2D eigenvalue weighted by molar-refractivity contribution is -0.965. The maximum atomic E-state index is 13.6. The number of hydrogen-bond acceptors (Lipinski definition) is 7.